The molecule has 0 unspecified atom stereocenters. The molecule has 2 aliphatic rings. The summed E-state index contributed by atoms with van der Waals surface area (Å²) in [5.41, 5.74) is 2.24. The molecular weight excluding hydrogens is 314 g/mol. The van der Waals surface area contributed by atoms with Crippen LogP contribution < -0.4 is 4.74 Å². The number of thiocarbonyl (C=S) groups is 1. The molecule has 0 aromatic heterocycles. The molecule has 0 bridgehead atoms. The third-order valence-electron chi connectivity index (χ3n) is 3.64. The second-order valence-electron chi connectivity index (χ2n) is 6.19. The summed E-state index contributed by atoms with van der Waals surface area (Å²) >= 11 is 6.72. The van der Waals surface area contributed by atoms with Gasteiger partial charge in [-0.15, -0.1) is 0 Å². The number of carbonyl (C=O) groups excluding carboxylic acids is 1. The van der Waals surface area contributed by atoms with Gasteiger partial charge < -0.3 is 4.74 Å². The highest BCUT2D eigenvalue weighted by atomic mass is 32.2. The lowest BCUT2D eigenvalue weighted by Gasteiger charge is -2.16. The van der Waals surface area contributed by atoms with Crippen molar-refractivity contribution in [3.8, 4) is 5.75 Å². The fraction of sp³-hybridized carbons (Fsp3) is 0.412. The van der Waals surface area contributed by atoms with E-state index in [4.69, 9.17) is 17.0 Å². The van der Waals surface area contributed by atoms with Crippen LogP contribution in [0, 0.1) is 5.92 Å². The molecule has 0 N–H and O–H groups in total. The summed E-state index contributed by atoms with van der Waals surface area (Å²) in [5.74, 6) is 1.38. The third-order valence-corrected chi connectivity index (χ3v) is 5.02. The van der Waals surface area contributed by atoms with Gasteiger partial charge in [-0.2, -0.15) is 0 Å². The fourth-order valence-electron chi connectivity index (χ4n) is 2.71. The Hall–Kier alpha value is -1.33. The van der Waals surface area contributed by atoms with Gasteiger partial charge in [-0.1, -0.05) is 43.9 Å². The number of fused-ring (bicyclic) bond motifs is 1. The third kappa shape index (κ3) is 3.06. The van der Waals surface area contributed by atoms with E-state index in [2.05, 4.69) is 26.8 Å². The van der Waals surface area contributed by atoms with Crippen LogP contribution in [-0.2, 0) is 11.2 Å². The summed E-state index contributed by atoms with van der Waals surface area (Å²) in [6.45, 7) is 6.92. The SMILES string of the molecule is CC(C)CN1C(=O)/C(=C/c2ccc3c(c2)C[C@@H](C)O3)SC1=S. The quantitative estimate of drug-likeness (QED) is 0.620. The number of carbonyl (C=O) groups is 1. The zero-order valence-corrected chi connectivity index (χ0v) is 14.6. The molecule has 2 aliphatic heterocycles. The van der Waals surface area contributed by atoms with Crippen molar-refractivity contribution in [3.63, 3.8) is 0 Å². The number of benzene rings is 1. The Kier molecular flexibility index (Phi) is 4.28. The first-order chi connectivity index (χ1) is 10.4. The summed E-state index contributed by atoms with van der Waals surface area (Å²) in [6, 6.07) is 6.08. The molecule has 1 atom stereocenters. The van der Waals surface area contributed by atoms with E-state index in [0.29, 0.717) is 21.7 Å². The molecule has 2 heterocycles. The summed E-state index contributed by atoms with van der Waals surface area (Å²) in [7, 11) is 0. The van der Waals surface area contributed by atoms with Gasteiger partial charge in [-0.05, 0) is 42.2 Å². The van der Waals surface area contributed by atoms with E-state index in [-0.39, 0.29) is 12.0 Å². The average molecular weight is 333 g/mol. The molecule has 1 aromatic rings. The number of nitrogens with zero attached hydrogens (tertiary/aromatic N) is 1. The van der Waals surface area contributed by atoms with E-state index in [0.717, 1.165) is 17.7 Å². The fourth-order valence-corrected chi connectivity index (χ4v) is 3.98. The number of thioether (sulfide) groups is 1. The molecule has 1 fully saturated rings. The lowest BCUT2D eigenvalue weighted by atomic mass is 10.1. The Labute approximate surface area is 140 Å². The highest BCUT2D eigenvalue weighted by Crippen LogP contribution is 2.35. The maximum absolute atomic E-state index is 12.5. The van der Waals surface area contributed by atoms with Gasteiger partial charge in [-0.25, -0.2) is 0 Å². The van der Waals surface area contributed by atoms with Crippen molar-refractivity contribution in [2.24, 2.45) is 5.92 Å². The first-order valence-corrected chi connectivity index (χ1v) is 8.71. The van der Waals surface area contributed by atoms with Gasteiger partial charge in [-0.3, -0.25) is 9.69 Å². The van der Waals surface area contributed by atoms with Crippen molar-refractivity contribution in [2.45, 2.75) is 33.3 Å². The van der Waals surface area contributed by atoms with Gasteiger partial charge in [0.2, 0.25) is 0 Å². The van der Waals surface area contributed by atoms with Crippen LogP contribution in [0.25, 0.3) is 6.08 Å². The molecule has 3 nitrogen and oxygen atoms in total. The van der Waals surface area contributed by atoms with Crippen molar-refractivity contribution in [2.75, 3.05) is 6.54 Å². The lowest BCUT2D eigenvalue weighted by molar-refractivity contribution is -0.122. The number of ether oxygens (including phenoxy) is 1. The topological polar surface area (TPSA) is 29.5 Å². The van der Waals surface area contributed by atoms with Gasteiger partial charge in [0, 0.05) is 13.0 Å². The second kappa shape index (κ2) is 6.05. The molecule has 1 amide bonds. The highest BCUT2D eigenvalue weighted by molar-refractivity contribution is 8.26. The molecule has 5 heteroatoms. The zero-order chi connectivity index (χ0) is 15.9. The summed E-state index contributed by atoms with van der Waals surface area (Å²) < 4.78 is 6.36. The average Bonchev–Trinajstić information content (AvgIpc) is 2.92. The van der Waals surface area contributed by atoms with Gasteiger partial charge in [0.15, 0.2) is 0 Å². The Bertz CT molecular complexity index is 667. The minimum atomic E-state index is 0.0221. The van der Waals surface area contributed by atoms with Crippen LogP contribution in [0.2, 0.25) is 0 Å². The minimum Gasteiger partial charge on any atom is -0.490 e. The number of amides is 1. The van der Waals surface area contributed by atoms with Crippen LogP contribution in [-0.4, -0.2) is 27.8 Å². The van der Waals surface area contributed by atoms with Crippen LogP contribution in [0.4, 0.5) is 0 Å². The van der Waals surface area contributed by atoms with Crippen LogP contribution in [0.5, 0.6) is 5.75 Å². The van der Waals surface area contributed by atoms with E-state index in [1.54, 1.807) is 4.90 Å². The van der Waals surface area contributed by atoms with E-state index in [1.165, 1.54) is 17.3 Å². The van der Waals surface area contributed by atoms with Gasteiger partial charge >= 0.3 is 0 Å². The molecular formula is C17H19NO2S2. The summed E-state index contributed by atoms with van der Waals surface area (Å²) in [6.07, 6.45) is 3.09. The molecule has 22 heavy (non-hydrogen) atoms. The monoisotopic (exact) mass is 333 g/mol. The molecule has 1 aromatic carbocycles. The van der Waals surface area contributed by atoms with Crippen LogP contribution in [0.3, 0.4) is 0 Å². The smallest absolute Gasteiger partial charge is 0.266 e. The molecule has 116 valence electrons. The van der Waals surface area contributed by atoms with E-state index < -0.39 is 0 Å². The van der Waals surface area contributed by atoms with Gasteiger partial charge in [0.1, 0.15) is 16.2 Å². The number of hydrogen-bond acceptors (Lipinski definition) is 4. The van der Waals surface area contributed by atoms with Crippen LogP contribution >= 0.6 is 24.0 Å². The minimum absolute atomic E-state index is 0.0221. The van der Waals surface area contributed by atoms with Crippen LogP contribution in [0.1, 0.15) is 31.9 Å². The Morgan fingerprint density at radius 2 is 2.27 bits per heavy atom. The Morgan fingerprint density at radius 3 is 3.00 bits per heavy atom. The largest absolute Gasteiger partial charge is 0.490 e. The molecule has 0 aliphatic carbocycles. The number of hydrogen-bond donors (Lipinski definition) is 0. The first-order valence-electron chi connectivity index (χ1n) is 7.49. The molecule has 0 spiro atoms. The lowest BCUT2D eigenvalue weighted by Crippen LogP contribution is -2.31. The molecule has 0 radical (unpaired) electrons. The summed E-state index contributed by atoms with van der Waals surface area (Å²) in [4.78, 5) is 14.9. The summed E-state index contributed by atoms with van der Waals surface area (Å²) in [5, 5.41) is 0. The van der Waals surface area contributed by atoms with Crippen molar-refractivity contribution in [1.82, 2.24) is 4.90 Å². The number of rotatable bonds is 3. The maximum Gasteiger partial charge on any atom is 0.266 e. The standard InChI is InChI=1S/C17H19NO2S2/c1-10(2)9-18-16(19)15(22-17(18)21)8-12-4-5-14-13(7-12)6-11(3)20-14/h4-5,7-8,10-11H,6,9H2,1-3H3/b15-8-/t11-/m1/s1. The first kappa shape index (κ1) is 15.6. The van der Waals surface area contributed by atoms with E-state index in [9.17, 15) is 4.79 Å². The molecule has 0 saturated carbocycles. The highest BCUT2D eigenvalue weighted by Gasteiger charge is 2.32. The van der Waals surface area contributed by atoms with Gasteiger partial charge in [0.25, 0.3) is 5.91 Å². The van der Waals surface area contributed by atoms with E-state index in [1.807, 2.05) is 18.2 Å². The van der Waals surface area contributed by atoms with Crippen molar-refractivity contribution in [3.05, 3.63) is 34.2 Å². The van der Waals surface area contributed by atoms with Crippen molar-refractivity contribution >= 4 is 40.3 Å². The maximum atomic E-state index is 12.5. The Balaban J connectivity index is 1.83. The van der Waals surface area contributed by atoms with Crippen LogP contribution in [0.15, 0.2) is 23.1 Å². The van der Waals surface area contributed by atoms with Gasteiger partial charge in [0.05, 0.1) is 4.91 Å². The predicted octanol–water partition coefficient (Wildman–Crippen LogP) is 3.87. The van der Waals surface area contributed by atoms with Crippen molar-refractivity contribution < 1.29 is 9.53 Å². The second-order valence-corrected chi connectivity index (χ2v) is 7.86. The predicted molar refractivity (Wildman–Crippen MR) is 95.0 cm³/mol. The molecule has 3 rings (SSSR count). The van der Waals surface area contributed by atoms with Crippen molar-refractivity contribution in [1.29, 1.82) is 0 Å². The van der Waals surface area contributed by atoms with E-state index >= 15 is 0 Å². The normalized spacial score (nSPS) is 22.6. The Morgan fingerprint density at radius 1 is 1.50 bits per heavy atom. The zero-order valence-electron chi connectivity index (χ0n) is 13.0. The molecule has 1 saturated heterocycles.